The minimum atomic E-state index is -1.17. The molecule has 7 N–H and O–H groups in total. The van der Waals surface area contributed by atoms with Gasteiger partial charge >= 0.3 is 5.97 Å². The molecule has 0 aliphatic carbocycles. The number of carbonyl (C=O) groups is 4. The number of carboxylic acids is 1. The van der Waals surface area contributed by atoms with Crippen molar-refractivity contribution < 1.29 is 29.4 Å². The van der Waals surface area contributed by atoms with Gasteiger partial charge in [-0.2, -0.15) is 0 Å². The summed E-state index contributed by atoms with van der Waals surface area (Å²) in [5.74, 6) is -2.17. The highest BCUT2D eigenvalue weighted by molar-refractivity contribution is 6.33. The van der Waals surface area contributed by atoms with Crippen molar-refractivity contribution in [3.8, 4) is 0 Å². The van der Waals surface area contributed by atoms with E-state index in [0.29, 0.717) is 33.9 Å². The third-order valence-corrected chi connectivity index (χ3v) is 5.18. The summed E-state index contributed by atoms with van der Waals surface area (Å²) < 4.78 is 0. The van der Waals surface area contributed by atoms with E-state index in [4.69, 9.17) is 28.2 Å². The molecule has 0 aliphatic rings. The van der Waals surface area contributed by atoms with E-state index >= 15 is 0 Å². The topological polar surface area (TPSA) is 176 Å². The van der Waals surface area contributed by atoms with Crippen LogP contribution in [-0.2, 0) is 9.59 Å². The molecule has 0 saturated heterocycles. The Morgan fingerprint density at radius 3 is 2.25 bits per heavy atom. The molecule has 11 heteroatoms. The van der Waals surface area contributed by atoms with Crippen LogP contribution < -0.4 is 21.7 Å². The van der Waals surface area contributed by atoms with Crippen molar-refractivity contribution in [1.29, 1.82) is 0 Å². The lowest BCUT2D eigenvalue weighted by Crippen LogP contribution is -2.35. The minimum absolute atomic E-state index is 0.216. The van der Waals surface area contributed by atoms with Crippen LogP contribution >= 0.6 is 11.6 Å². The van der Waals surface area contributed by atoms with Crippen LogP contribution in [0.3, 0.4) is 0 Å². The number of carbonyl (C=O) groups excluding carboxylic acids is 3. The molecule has 36 heavy (non-hydrogen) atoms. The van der Waals surface area contributed by atoms with E-state index in [2.05, 4.69) is 5.32 Å². The maximum atomic E-state index is 12.6. The van der Waals surface area contributed by atoms with Crippen LogP contribution in [0, 0.1) is 0 Å². The molecule has 0 aliphatic heterocycles. The number of halogens is 1. The molecule has 3 aromatic carbocycles. The first-order valence-electron chi connectivity index (χ1n) is 10.5. The highest BCUT2D eigenvalue weighted by Gasteiger charge is 2.21. The number of anilines is 3. The lowest BCUT2D eigenvalue weighted by atomic mass is 10.1. The van der Waals surface area contributed by atoms with Crippen LogP contribution in [0.4, 0.5) is 17.1 Å². The Labute approximate surface area is 212 Å². The number of rotatable bonds is 8. The molecule has 0 fully saturated rings. The van der Waals surface area contributed by atoms with Crippen LogP contribution in [0.25, 0.3) is 0 Å². The first-order valence-corrected chi connectivity index (χ1v) is 10.9. The van der Waals surface area contributed by atoms with Crippen LogP contribution in [0.2, 0.25) is 5.02 Å². The van der Waals surface area contributed by atoms with Gasteiger partial charge in [-0.05, 0) is 67.1 Å². The second-order valence-electron chi connectivity index (χ2n) is 7.50. The maximum Gasteiger partial charge on any atom is 0.323 e. The molecule has 3 rings (SSSR count). The number of nitrogens with two attached hydrogens (primary N) is 2. The number of hydrogen-bond acceptors (Lipinski definition) is 6. The molecular formula is C25H25ClN4O6. The van der Waals surface area contributed by atoms with Gasteiger partial charge in [0.05, 0.1) is 16.8 Å². The number of hydrogen-bond donors (Lipinski definition) is 5. The summed E-state index contributed by atoms with van der Waals surface area (Å²) in [7, 11) is 0. The fraction of sp³-hybridized carbons (Fsp3) is 0.120. The number of benzene rings is 3. The summed E-state index contributed by atoms with van der Waals surface area (Å²) in [5, 5.41) is 21.0. The zero-order valence-corrected chi connectivity index (χ0v) is 20.0. The van der Waals surface area contributed by atoms with Crippen LogP contribution in [0.5, 0.6) is 0 Å². The van der Waals surface area contributed by atoms with Crippen LogP contribution in [0.15, 0.2) is 66.7 Å². The summed E-state index contributed by atoms with van der Waals surface area (Å²) in [4.78, 5) is 46.0. The van der Waals surface area contributed by atoms with Crippen molar-refractivity contribution in [1.82, 2.24) is 0 Å². The Morgan fingerprint density at radius 1 is 1.06 bits per heavy atom. The van der Waals surface area contributed by atoms with Crippen LogP contribution in [0.1, 0.15) is 39.3 Å². The number of nitrogens with one attached hydrogen (secondary N) is 1. The van der Waals surface area contributed by atoms with Gasteiger partial charge in [0.15, 0.2) is 0 Å². The average Bonchev–Trinajstić information content (AvgIpc) is 2.85. The summed E-state index contributed by atoms with van der Waals surface area (Å²) in [5.41, 5.74) is 13.2. The monoisotopic (exact) mass is 512 g/mol. The number of nitrogen functional groups attached to an aromatic ring is 1. The van der Waals surface area contributed by atoms with Crippen molar-refractivity contribution in [2.45, 2.75) is 13.0 Å². The Bertz CT molecular complexity index is 1250. The van der Waals surface area contributed by atoms with Gasteiger partial charge in [0.25, 0.3) is 5.91 Å². The minimum Gasteiger partial charge on any atom is -0.480 e. The molecule has 188 valence electrons. The predicted molar refractivity (Wildman–Crippen MR) is 137 cm³/mol. The number of primary amides is 1. The standard InChI is InChI=1S/C16H14ClN3O4.C9H11NO2/c17-13-6-1-10(7-14(13)18)16(24)20(8-15(22)23)12-4-2-11(3-5-12)19-9-21;1-6(11)7-3-2-4-8(5-7)9(10)12/h1-7,9H,8,18H2,(H,19,21)(H,22,23);2-6,11H,1H3,(H2,10,12)/t;6-/m.1/s1. The Kier molecular flexibility index (Phi) is 9.96. The summed E-state index contributed by atoms with van der Waals surface area (Å²) in [6.45, 7) is 1.11. The largest absolute Gasteiger partial charge is 0.480 e. The van der Waals surface area contributed by atoms with Gasteiger partial charge in [-0.15, -0.1) is 0 Å². The second kappa shape index (κ2) is 12.9. The normalized spacial score (nSPS) is 10.9. The Balaban J connectivity index is 0.000000319. The highest BCUT2D eigenvalue weighted by Crippen LogP contribution is 2.24. The van der Waals surface area contributed by atoms with Gasteiger partial charge < -0.3 is 27.0 Å². The highest BCUT2D eigenvalue weighted by atomic mass is 35.5. The van der Waals surface area contributed by atoms with E-state index < -0.39 is 30.4 Å². The summed E-state index contributed by atoms with van der Waals surface area (Å²) >= 11 is 5.83. The van der Waals surface area contributed by atoms with Gasteiger partial charge in [-0.3, -0.25) is 24.1 Å². The van der Waals surface area contributed by atoms with E-state index in [9.17, 15) is 24.3 Å². The smallest absolute Gasteiger partial charge is 0.323 e. The molecule has 0 spiro atoms. The molecular weight excluding hydrogens is 488 g/mol. The third kappa shape index (κ3) is 7.83. The number of nitrogens with zero attached hydrogens (tertiary/aromatic N) is 1. The molecule has 3 amide bonds. The molecule has 0 saturated carbocycles. The zero-order valence-electron chi connectivity index (χ0n) is 19.2. The molecule has 3 aromatic rings. The average molecular weight is 513 g/mol. The summed E-state index contributed by atoms with van der Waals surface area (Å²) in [6, 6.07) is 17.2. The third-order valence-electron chi connectivity index (χ3n) is 4.84. The van der Waals surface area contributed by atoms with Crippen molar-refractivity contribution in [3.05, 3.63) is 88.4 Å². The van der Waals surface area contributed by atoms with Gasteiger partial charge in [0.2, 0.25) is 12.3 Å². The van der Waals surface area contributed by atoms with E-state index in [0.717, 1.165) is 4.90 Å². The number of carboxylic acid groups (broad SMARTS) is 1. The molecule has 0 heterocycles. The zero-order chi connectivity index (χ0) is 26.8. The fourth-order valence-corrected chi connectivity index (χ4v) is 3.12. The van der Waals surface area contributed by atoms with Gasteiger partial charge in [-0.1, -0.05) is 23.7 Å². The van der Waals surface area contributed by atoms with E-state index in [-0.39, 0.29) is 11.3 Å². The fourth-order valence-electron chi connectivity index (χ4n) is 3.01. The summed E-state index contributed by atoms with van der Waals surface area (Å²) in [6.07, 6.45) is -0.0460. The van der Waals surface area contributed by atoms with Crippen molar-refractivity contribution >= 4 is 52.9 Å². The molecule has 0 radical (unpaired) electrons. The van der Waals surface area contributed by atoms with Gasteiger partial charge in [-0.25, -0.2) is 0 Å². The van der Waals surface area contributed by atoms with Gasteiger partial charge in [0, 0.05) is 22.5 Å². The van der Waals surface area contributed by atoms with Crippen molar-refractivity contribution in [2.24, 2.45) is 5.73 Å². The number of aliphatic carboxylic acids is 1. The van der Waals surface area contributed by atoms with Crippen LogP contribution in [-0.4, -0.2) is 41.0 Å². The first kappa shape index (κ1) is 27.8. The van der Waals surface area contributed by atoms with E-state index in [1.165, 1.54) is 30.3 Å². The second-order valence-corrected chi connectivity index (χ2v) is 7.90. The first-order chi connectivity index (χ1) is 17.0. The van der Waals surface area contributed by atoms with Crippen molar-refractivity contribution in [3.63, 3.8) is 0 Å². The number of aliphatic hydroxyl groups excluding tert-OH is 1. The van der Waals surface area contributed by atoms with E-state index in [1.54, 1.807) is 43.3 Å². The van der Waals surface area contributed by atoms with Crippen molar-refractivity contribution in [2.75, 3.05) is 22.5 Å². The molecule has 0 aromatic heterocycles. The number of aliphatic hydroxyl groups is 1. The lowest BCUT2D eigenvalue weighted by Gasteiger charge is -2.21. The molecule has 0 bridgehead atoms. The predicted octanol–water partition coefficient (Wildman–Crippen LogP) is 3.06. The van der Waals surface area contributed by atoms with Gasteiger partial charge in [0.1, 0.15) is 6.54 Å². The lowest BCUT2D eigenvalue weighted by molar-refractivity contribution is -0.135. The quantitative estimate of drug-likeness (QED) is 0.227. The maximum absolute atomic E-state index is 12.6. The Hall–Kier alpha value is -4.41. The molecule has 10 nitrogen and oxygen atoms in total. The number of amides is 3. The SMILES string of the molecule is C[C@@H](O)c1cccc(C(N)=O)c1.Nc1cc(C(=O)N(CC(=O)O)c2ccc(NC=O)cc2)ccc1Cl. The molecule has 0 unspecified atom stereocenters. The Morgan fingerprint density at radius 2 is 1.72 bits per heavy atom. The van der Waals surface area contributed by atoms with E-state index in [1.807, 2.05) is 0 Å². The molecule has 1 atom stereocenters.